The molecule has 2 atom stereocenters. The Morgan fingerprint density at radius 1 is 1.03 bits per heavy atom. The Bertz CT molecular complexity index is 1460. The van der Waals surface area contributed by atoms with Gasteiger partial charge in [-0.05, 0) is 54.3 Å². The van der Waals surface area contributed by atoms with E-state index in [1.165, 1.54) is 23.8 Å². The van der Waals surface area contributed by atoms with Gasteiger partial charge in [-0.2, -0.15) is 0 Å². The molecule has 34 heavy (non-hydrogen) atoms. The standard InChI is InChI=1S/C28H24FN3O2/c1-3-17-11-13-18(14-12-17)22-16-31-27(34)32(20-8-6-7-19(29)15-20)26(33)28(31,2)25-24(22)21-9-4-5-10-23(21)30-25/h4-15,22,30H,3,16H2,1-2H3/t22-,28-/m0/s1. The largest absolute Gasteiger partial charge is 0.356 e. The van der Waals surface area contributed by atoms with Gasteiger partial charge < -0.3 is 9.88 Å². The first kappa shape index (κ1) is 20.7. The Balaban J connectivity index is 1.57. The number of nitrogens with zero attached hydrogens (tertiary/aromatic N) is 2. The van der Waals surface area contributed by atoms with E-state index >= 15 is 0 Å². The van der Waals surface area contributed by atoms with Crippen molar-refractivity contribution in [2.45, 2.75) is 31.7 Å². The predicted octanol–water partition coefficient (Wildman–Crippen LogP) is 5.70. The lowest BCUT2D eigenvalue weighted by molar-refractivity contribution is -0.125. The lowest BCUT2D eigenvalue weighted by atomic mass is 9.78. The number of fused-ring (bicyclic) bond motifs is 5. The van der Waals surface area contributed by atoms with Crippen LogP contribution in [0.2, 0.25) is 0 Å². The molecule has 2 aliphatic rings. The van der Waals surface area contributed by atoms with Gasteiger partial charge in [-0.1, -0.05) is 55.5 Å². The normalized spacial score (nSPS) is 21.8. The second-order valence-corrected chi connectivity index (χ2v) is 9.19. The molecule has 6 rings (SSSR count). The quantitative estimate of drug-likeness (QED) is 0.405. The summed E-state index contributed by atoms with van der Waals surface area (Å²) in [7, 11) is 0. The topological polar surface area (TPSA) is 56.4 Å². The van der Waals surface area contributed by atoms with E-state index in [1.54, 1.807) is 17.9 Å². The van der Waals surface area contributed by atoms with Gasteiger partial charge in [-0.15, -0.1) is 0 Å². The number of amides is 3. The zero-order valence-electron chi connectivity index (χ0n) is 19.0. The number of para-hydroxylation sites is 1. The summed E-state index contributed by atoms with van der Waals surface area (Å²) in [6, 6.07) is 21.7. The third-order valence-corrected chi connectivity index (χ3v) is 7.38. The highest BCUT2D eigenvalue weighted by Gasteiger charge is 2.60. The highest BCUT2D eigenvalue weighted by Crippen LogP contribution is 2.50. The summed E-state index contributed by atoms with van der Waals surface area (Å²) >= 11 is 0. The molecule has 0 spiro atoms. The minimum atomic E-state index is -1.21. The Morgan fingerprint density at radius 3 is 2.53 bits per heavy atom. The first-order valence-corrected chi connectivity index (χ1v) is 11.5. The van der Waals surface area contributed by atoms with Crippen LogP contribution in [-0.2, 0) is 16.8 Å². The molecule has 1 aromatic heterocycles. The van der Waals surface area contributed by atoms with E-state index in [0.717, 1.165) is 39.0 Å². The molecule has 3 heterocycles. The second-order valence-electron chi connectivity index (χ2n) is 9.19. The van der Waals surface area contributed by atoms with Crippen LogP contribution < -0.4 is 4.90 Å². The van der Waals surface area contributed by atoms with Crippen LogP contribution in [-0.4, -0.2) is 28.4 Å². The van der Waals surface area contributed by atoms with Gasteiger partial charge >= 0.3 is 6.03 Å². The maximum atomic E-state index is 14.0. The Labute approximate surface area is 196 Å². The van der Waals surface area contributed by atoms with E-state index in [2.05, 4.69) is 42.2 Å². The SMILES string of the molecule is CCc1ccc([C@@H]2CN3C(=O)N(c4cccc(F)c4)C(=O)[C@]3(C)c3[nH]c4ccccc4c32)cc1. The van der Waals surface area contributed by atoms with E-state index in [9.17, 15) is 14.0 Å². The van der Waals surface area contributed by atoms with Crippen LogP contribution in [0.15, 0.2) is 72.8 Å². The van der Waals surface area contributed by atoms with Crippen LogP contribution in [0, 0.1) is 5.82 Å². The predicted molar refractivity (Wildman–Crippen MR) is 129 cm³/mol. The lowest BCUT2D eigenvalue weighted by Gasteiger charge is -2.40. The molecule has 6 heteroatoms. The summed E-state index contributed by atoms with van der Waals surface area (Å²) in [4.78, 5) is 33.8. The molecular formula is C28H24FN3O2. The molecule has 1 N–H and O–H groups in total. The summed E-state index contributed by atoms with van der Waals surface area (Å²) in [5.41, 5.74) is 4.06. The van der Waals surface area contributed by atoms with Crippen molar-refractivity contribution in [3.05, 3.63) is 101 Å². The molecule has 2 aliphatic heterocycles. The second kappa shape index (κ2) is 7.29. The number of imide groups is 1. The molecule has 3 amide bonds. The molecule has 0 aliphatic carbocycles. The van der Waals surface area contributed by atoms with Gasteiger partial charge in [0.25, 0.3) is 5.91 Å². The maximum Gasteiger partial charge on any atom is 0.332 e. The van der Waals surface area contributed by atoms with E-state index in [-0.39, 0.29) is 17.5 Å². The first-order valence-electron chi connectivity index (χ1n) is 11.5. The van der Waals surface area contributed by atoms with Crippen molar-refractivity contribution in [1.82, 2.24) is 9.88 Å². The summed E-state index contributed by atoms with van der Waals surface area (Å²) in [5, 5.41) is 1.05. The highest BCUT2D eigenvalue weighted by atomic mass is 19.1. The van der Waals surface area contributed by atoms with Crippen LogP contribution in [0.3, 0.4) is 0 Å². The van der Waals surface area contributed by atoms with Crippen LogP contribution in [0.1, 0.15) is 42.1 Å². The van der Waals surface area contributed by atoms with Crippen LogP contribution in [0.5, 0.6) is 0 Å². The van der Waals surface area contributed by atoms with Crippen LogP contribution in [0.25, 0.3) is 10.9 Å². The van der Waals surface area contributed by atoms with E-state index in [0.29, 0.717) is 6.54 Å². The maximum absolute atomic E-state index is 14.0. The third-order valence-electron chi connectivity index (χ3n) is 7.38. The molecule has 1 fully saturated rings. The number of aromatic nitrogens is 1. The Morgan fingerprint density at radius 2 is 1.79 bits per heavy atom. The Kier molecular flexibility index (Phi) is 4.43. The van der Waals surface area contributed by atoms with Gasteiger partial charge in [0.15, 0.2) is 5.54 Å². The van der Waals surface area contributed by atoms with E-state index in [4.69, 9.17) is 0 Å². The number of urea groups is 1. The molecule has 170 valence electrons. The molecule has 0 unspecified atom stereocenters. The summed E-state index contributed by atoms with van der Waals surface area (Å²) in [6.07, 6.45) is 0.947. The van der Waals surface area contributed by atoms with Crippen molar-refractivity contribution in [2.24, 2.45) is 0 Å². The molecule has 1 saturated heterocycles. The molecule has 3 aromatic carbocycles. The number of carbonyl (C=O) groups is 2. The smallest absolute Gasteiger partial charge is 0.332 e. The van der Waals surface area contributed by atoms with Gasteiger partial charge in [-0.3, -0.25) is 4.79 Å². The number of nitrogens with one attached hydrogen (secondary N) is 1. The lowest BCUT2D eigenvalue weighted by Crippen LogP contribution is -2.50. The average Bonchev–Trinajstić information content (AvgIpc) is 3.33. The molecule has 0 saturated carbocycles. The Hall–Kier alpha value is -3.93. The van der Waals surface area contributed by atoms with Crippen molar-refractivity contribution in [2.75, 3.05) is 11.4 Å². The number of aryl methyl sites for hydroxylation is 1. The number of rotatable bonds is 3. The monoisotopic (exact) mass is 453 g/mol. The fraction of sp³-hybridized carbons (Fsp3) is 0.214. The third kappa shape index (κ3) is 2.71. The summed E-state index contributed by atoms with van der Waals surface area (Å²) in [5.74, 6) is -0.974. The van der Waals surface area contributed by atoms with Gasteiger partial charge in [0.2, 0.25) is 0 Å². The van der Waals surface area contributed by atoms with Gasteiger partial charge in [0.05, 0.1) is 11.4 Å². The fourth-order valence-corrected chi connectivity index (χ4v) is 5.52. The number of hydrogen-bond donors (Lipinski definition) is 1. The van der Waals surface area contributed by atoms with Crippen molar-refractivity contribution in [1.29, 1.82) is 0 Å². The number of aromatic amines is 1. The number of benzene rings is 3. The summed E-state index contributed by atoms with van der Waals surface area (Å²) in [6.45, 7) is 4.26. The number of halogens is 1. The number of carbonyl (C=O) groups excluding carboxylic acids is 2. The van der Waals surface area contributed by atoms with Crippen LogP contribution >= 0.6 is 0 Å². The van der Waals surface area contributed by atoms with Crippen molar-refractivity contribution >= 4 is 28.5 Å². The zero-order valence-corrected chi connectivity index (χ0v) is 19.0. The van der Waals surface area contributed by atoms with Gasteiger partial charge in [0.1, 0.15) is 5.82 Å². The van der Waals surface area contributed by atoms with Crippen LogP contribution in [0.4, 0.5) is 14.9 Å². The molecule has 0 radical (unpaired) electrons. The van der Waals surface area contributed by atoms with Crippen molar-refractivity contribution < 1.29 is 14.0 Å². The minimum Gasteiger partial charge on any atom is -0.356 e. The number of anilines is 1. The number of H-pyrrole nitrogens is 1. The molecular weight excluding hydrogens is 429 g/mol. The van der Waals surface area contributed by atoms with Gasteiger partial charge in [0, 0.05) is 23.4 Å². The highest BCUT2D eigenvalue weighted by molar-refractivity contribution is 6.23. The minimum absolute atomic E-state index is 0.102. The molecule has 0 bridgehead atoms. The van der Waals surface area contributed by atoms with Crippen molar-refractivity contribution in [3.63, 3.8) is 0 Å². The molecule has 5 nitrogen and oxygen atoms in total. The molecule has 4 aromatic rings. The number of hydrogen-bond acceptors (Lipinski definition) is 2. The fourth-order valence-electron chi connectivity index (χ4n) is 5.52. The van der Waals surface area contributed by atoms with E-state index < -0.39 is 17.4 Å². The zero-order chi connectivity index (χ0) is 23.6. The summed E-state index contributed by atoms with van der Waals surface area (Å²) < 4.78 is 14.0. The van der Waals surface area contributed by atoms with Gasteiger partial charge in [-0.25, -0.2) is 14.1 Å². The van der Waals surface area contributed by atoms with E-state index in [1.807, 2.05) is 18.2 Å². The average molecular weight is 454 g/mol. The first-order chi connectivity index (χ1) is 16.4. The van der Waals surface area contributed by atoms with Crippen molar-refractivity contribution in [3.8, 4) is 0 Å².